The van der Waals surface area contributed by atoms with Crippen LogP contribution in [-0.4, -0.2) is 37.1 Å². The fourth-order valence-electron chi connectivity index (χ4n) is 2.45. The molecular weight excluding hydrogens is 172 g/mol. The van der Waals surface area contributed by atoms with Crippen molar-refractivity contribution < 1.29 is 0 Å². The number of nitrogens with zero attached hydrogens (tertiary/aromatic N) is 1. The second kappa shape index (κ2) is 4.94. The number of hydrogen-bond donors (Lipinski definition) is 1. The van der Waals surface area contributed by atoms with Crippen molar-refractivity contribution in [2.45, 2.75) is 44.2 Å². The molecule has 0 amide bonds. The Morgan fingerprint density at radius 3 is 2.50 bits per heavy atom. The zero-order valence-corrected chi connectivity index (χ0v) is 9.21. The summed E-state index contributed by atoms with van der Waals surface area (Å²) in [6.07, 6.45) is 11.1. The minimum absolute atomic E-state index is 0.758. The van der Waals surface area contributed by atoms with Gasteiger partial charge in [-0.1, -0.05) is 12.2 Å². The van der Waals surface area contributed by atoms with Gasteiger partial charge in [-0.25, -0.2) is 0 Å². The monoisotopic (exact) mass is 194 g/mol. The minimum atomic E-state index is 0.758. The number of likely N-dealkylation sites (tertiary alicyclic amines) is 1. The summed E-state index contributed by atoms with van der Waals surface area (Å²) in [5.41, 5.74) is 0. The number of rotatable bonds is 2. The number of nitrogens with one attached hydrogen (secondary N) is 1. The third-order valence-electron chi connectivity index (χ3n) is 3.46. The van der Waals surface area contributed by atoms with Crippen LogP contribution >= 0.6 is 0 Å². The molecule has 0 aromatic heterocycles. The molecule has 1 aliphatic heterocycles. The smallest absolute Gasteiger partial charge is 0.0107 e. The third kappa shape index (κ3) is 2.82. The van der Waals surface area contributed by atoms with Crippen LogP contribution in [0, 0.1) is 0 Å². The predicted octanol–water partition coefficient (Wildman–Crippen LogP) is 1.78. The van der Waals surface area contributed by atoms with Gasteiger partial charge in [0.05, 0.1) is 0 Å². The van der Waals surface area contributed by atoms with Crippen molar-refractivity contribution in [2.24, 2.45) is 0 Å². The molecule has 0 spiro atoms. The van der Waals surface area contributed by atoms with E-state index in [2.05, 4.69) is 29.4 Å². The Morgan fingerprint density at radius 2 is 1.86 bits per heavy atom. The zero-order valence-electron chi connectivity index (χ0n) is 9.21. The zero-order chi connectivity index (χ0) is 9.80. The van der Waals surface area contributed by atoms with E-state index in [1.54, 1.807) is 0 Å². The SMILES string of the molecule is CN1CCC(NC2CC=CCC2)CC1. The molecular formula is C12H22N2. The Balaban J connectivity index is 1.72. The first-order valence-corrected chi connectivity index (χ1v) is 5.94. The van der Waals surface area contributed by atoms with Gasteiger partial charge in [0, 0.05) is 12.1 Å². The van der Waals surface area contributed by atoms with E-state index in [1.807, 2.05) is 0 Å². The highest BCUT2D eigenvalue weighted by Crippen LogP contribution is 2.15. The Bertz CT molecular complexity index is 192. The molecule has 1 atom stereocenters. The summed E-state index contributed by atoms with van der Waals surface area (Å²) in [5.74, 6) is 0. The van der Waals surface area contributed by atoms with Crippen LogP contribution < -0.4 is 5.32 Å². The highest BCUT2D eigenvalue weighted by atomic mass is 15.1. The normalized spacial score (nSPS) is 30.8. The number of allylic oxidation sites excluding steroid dienone is 1. The van der Waals surface area contributed by atoms with Gasteiger partial charge in [0.2, 0.25) is 0 Å². The average Bonchev–Trinajstić information content (AvgIpc) is 2.23. The lowest BCUT2D eigenvalue weighted by atomic mass is 9.98. The Labute approximate surface area is 87.4 Å². The summed E-state index contributed by atoms with van der Waals surface area (Å²) in [5, 5.41) is 3.80. The fourth-order valence-corrected chi connectivity index (χ4v) is 2.45. The van der Waals surface area contributed by atoms with Gasteiger partial charge >= 0.3 is 0 Å². The van der Waals surface area contributed by atoms with Crippen LogP contribution in [-0.2, 0) is 0 Å². The van der Waals surface area contributed by atoms with Gasteiger partial charge in [-0.2, -0.15) is 0 Å². The minimum Gasteiger partial charge on any atom is -0.311 e. The van der Waals surface area contributed by atoms with E-state index in [0.717, 1.165) is 12.1 Å². The molecule has 1 unspecified atom stereocenters. The lowest BCUT2D eigenvalue weighted by Crippen LogP contribution is -2.45. The lowest BCUT2D eigenvalue weighted by Gasteiger charge is -2.33. The van der Waals surface area contributed by atoms with E-state index < -0.39 is 0 Å². The van der Waals surface area contributed by atoms with Crippen molar-refractivity contribution in [2.75, 3.05) is 20.1 Å². The summed E-state index contributed by atoms with van der Waals surface area (Å²) in [7, 11) is 2.22. The largest absolute Gasteiger partial charge is 0.311 e. The third-order valence-corrected chi connectivity index (χ3v) is 3.46. The van der Waals surface area contributed by atoms with Crippen molar-refractivity contribution in [1.82, 2.24) is 10.2 Å². The van der Waals surface area contributed by atoms with Crippen molar-refractivity contribution >= 4 is 0 Å². The summed E-state index contributed by atoms with van der Waals surface area (Å²) in [6.45, 7) is 2.53. The summed E-state index contributed by atoms with van der Waals surface area (Å²) in [4.78, 5) is 2.43. The highest BCUT2D eigenvalue weighted by Gasteiger charge is 2.19. The Morgan fingerprint density at radius 1 is 1.07 bits per heavy atom. The average molecular weight is 194 g/mol. The molecule has 80 valence electrons. The van der Waals surface area contributed by atoms with E-state index >= 15 is 0 Å². The van der Waals surface area contributed by atoms with Gasteiger partial charge in [-0.15, -0.1) is 0 Å². The van der Waals surface area contributed by atoms with Crippen molar-refractivity contribution in [3.63, 3.8) is 0 Å². The molecule has 2 aliphatic rings. The van der Waals surface area contributed by atoms with Gasteiger partial charge in [-0.3, -0.25) is 0 Å². The van der Waals surface area contributed by atoms with E-state index in [0.29, 0.717) is 0 Å². The molecule has 2 heteroatoms. The number of piperidine rings is 1. The quantitative estimate of drug-likeness (QED) is 0.674. The van der Waals surface area contributed by atoms with Gasteiger partial charge in [0.15, 0.2) is 0 Å². The van der Waals surface area contributed by atoms with Crippen molar-refractivity contribution in [3.8, 4) is 0 Å². The topological polar surface area (TPSA) is 15.3 Å². The molecule has 1 heterocycles. The molecule has 0 aromatic carbocycles. The van der Waals surface area contributed by atoms with Crippen molar-refractivity contribution in [3.05, 3.63) is 12.2 Å². The van der Waals surface area contributed by atoms with E-state index in [-0.39, 0.29) is 0 Å². The second-order valence-electron chi connectivity index (χ2n) is 4.73. The second-order valence-corrected chi connectivity index (χ2v) is 4.73. The molecule has 0 radical (unpaired) electrons. The first kappa shape index (κ1) is 10.2. The van der Waals surface area contributed by atoms with Crippen LogP contribution in [0.2, 0.25) is 0 Å². The van der Waals surface area contributed by atoms with Crippen LogP contribution in [0.5, 0.6) is 0 Å². The maximum absolute atomic E-state index is 3.80. The van der Waals surface area contributed by atoms with Crippen LogP contribution in [0.3, 0.4) is 0 Å². The van der Waals surface area contributed by atoms with Gasteiger partial charge < -0.3 is 10.2 Å². The van der Waals surface area contributed by atoms with Gasteiger partial charge in [-0.05, 0) is 52.2 Å². The molecule has 0 aromatic rings. The standard InChI is InChI=1S/C12H22N2/c1-14-9-7-12(8-10-14)13-11-5-3-2-4-6-11/h2-3,11-13H,4-10H2,1H3. The maximum atomic E-state index is 3.80. The summed E-state index contributed by atoms with van der Waals surface area (Å²) >= 11 is 0. The molecule has 1 N–H and O–H groups in total. The predicted molar refractivity (Wildman–Crippen MR) is 60.4 cm³/mol. The molecule has 2 rings (SSSR count). The molecule has 0 saturated carbocycles. The first-order valence-electron chi connectivity index (χ1n) is 5.94. The van der Waals surface area contributed by atoms with Crippen molar-refractivity contribution in [1.29, 1.82) is 0 Å². The van der Waals surface area contributed by atoms with Crippen LogP contribution in [0.4, 0.5) is 0 Å². The number of hydrogen-bond acceptors (Lipinski definition) is 2. The summed E-state index contributed by atoms with van der Waals surface area (Å²) in [6, 6.07) is 1.54. The first-order chi connectivity index (χ1) is 6.84. The molecule has 0 bridgehead atoms. The van der Waals surface area contributed by atoms with Gasteiger partial charge in [0.1, 0.15) is 0 Å². The van der Waals surface area contributed by atoms with E-state index in [4.69, 9.17) is 0 Å². The highest BCUT2D eigenvalue weighted by molar-refractivity contribution is 4.94. The molecule has 1 aliphatic carbocycles. The van der Waals surface area contributed by atoms with Crippen LogP contribution in [0.25, 0.3) is 0 Å². The Kier molecular flexibility index (Phi) is 3.60. The maximum Gasteiger partial charge on any atom is 0.0107 e. The fraction of sp³-hybridized carbons (Fsp3) is 0.833. The van der Waals surface area contributed by atoms with Gasteiger partial charge in [0.25, 0.3) is 0 Å². The molecule has 14 heavy (non-hydrogen) atoms. The van der Waals surface area contributed by atoms with Crippen LogP contribution in [0.1, 0.15) is 32.1 Å². The van der Waals surface area contributed by atoms with E-state index in [1.165, 1.54) is 45.2 Å². The van der Waals surface area contributed by atoms with Crippen LogP contribution in [0.15, 0.2) is 12.2 Å². The molecule has 1 saturated heterocycles. The lowest BCUT2D eigenvalue weighted by molar-refractivity contribution is 0.221. The Hall–Kier alpha value is -0.340. The summed E-state index contributed by atoms with van der Waals surface area (Å²) < 4.78 is 0. The molecule has 1 fully saturated rings. The van der Waals surface area contributed by atoms with E-state index in [9.17, 15) is 0 Å². The molecule has 2 nitrogen and oxygen atoms in total.